The summed E-state index contributed by atoms with van der Waals surface area (Å²) in [6.07, 6.45) is 4.34. The van der Waals surface area contributed by atoms with E-state index in [4.69, 9.17) is 17.3 Å². The van der Waals surface area contributed by atoms with Crippen molar-refractivity contribution in [3.8, 4) is 10.7 Å². The summed E-state index contributed by atoms with van der Waals surface area (Å²) in [4.78, 5) is 45.6. The van der Waals surface area contributed by atoms with E-state index in [0.717, 1.165) is 17.1 Å². The van der Waals surface area contributed by atoms with Crippen LogP contribution in [0.3, 0.4) is 0 Å². The van der Waals surface area contributed by atoms with Crippen molar-refractivity contribution in [3.63, 3.8) is 0 Å². The van der Waals surface area contributed by atoms with Crippen molar-refractivity contribution in [2.75, 3.05) is 13.1 Å². The van der Waals surface area contributed by atoms with E-state index in [-0.39, 0.29) is 18.4 Å². The number of thiazole rings is 1. The minimum absolute atomic E-state index is 0.00526. The van der Waals surface area contributed by atoms with Gasteiger partial charge in [-0.05, 0) is 71.7 Å². The Morgan fingerprint density at radius 3 is 2.59 bits per heavy atom. The van der Waals surface area contributed by atoms with Crippen LogP contribution in [0.2, 0.25) is 5.82 Å². The molecule has 2 N–H and O–H groups in total. The number of carbonyl (C=O) groups excluding carboxylic acids is 3. The quantitative estimate of drug-likeness (QED) is 0.202. The maximum atomic E-state index is 13.4. The second kappa shape index (κ2) is 14.1. The molecule has 2 aliphatic rings. The van der Waals surface area contributed by atoms with E-state index in [1.807, 2.05) is 32.3 Å². The van der Waals surface area contributed by atoms with E-state index in [9.17, 15) is 19.5 Å². The number of aliphatic hydroxyl groups is 1. The standard InChI is InChI=1S/C30H45BN6O6S/c1-7-24-30(6)25(20(4)33-16-18(2)15-29(5,41)23(31)14-22(38)19(3)27(39)42-24)37(28(40)43-30)12-9-8-11-36-17-21(34-35-36)26-32-10-13-44-26/h10,13,17-20,23-25,33,41H,7-9,11-12,14-16H2,1-6H3/t18-,19-,20-,23-,24-,25-,29+,30-/m1/s1. The summed E-state index contributed by atoms with van der Waals surface area (Å²) in [6.45, 7) is 12.4. The summed E-state index contributed by atoms with van der Waals surface area (Å²) in [5, 5.41) is 25.8. The zero-order valence-corrected chi connectivity index (χ0v) is 27.4. The molecule has 2 saturated heterocycles. The van der Waals surface area contributed by atoms with Crippen LogP contribution in [0.25, 0.3) is 10.7 Å². The first-order chi connectivity index (χ1) is 20.8. The summed E-state index contributed by atoms with van der Waals surface area (Å²) >= 11 is 1.50. The summed E-state index contributed by atoms with van der Waals surface area (Å²) < 4.78 is 13.8. The van der Waals surface area contributed by atoms with Gasteiger partial charge in [0.25, 0.3) is 0 Å². The highest BCUT2D eigenvalue weighted by molar-refractivity contribution is 7.13. The van der Waals surface area contributed by atoms with Crippen molar-refractivity contribution in [1.82, 2.24) is 30.2 Å². The van der Waals surface area contributed by atoms with Gasteiger partial charge < -0.3 is 19.9 Å². The molecule has 1 amide bonds. The number of nitrogens with zero attached hydrogens (tertiary/aromatic N) is 5. The molecule has 44 heavy (non-hydrogen) atoms. The number of carbonyl (C=O) groups is 3. The number of cyclic esters (lactones) is 1. The number of rotatable bonds is 7. The number of nitrogens with one attached hydrogen (secondary N) is 1. The maximum absolute atomic E-state index is 13.4. The molecule has 14 heteroatoms. The second-order valence-electron chi connectivity index (χ2n) is 12.8. The lowest BCUT2D eigenvalue weighted by atomic mass is 9.67. The van der Waals surface area contributed by atoms with Gasteiger partial charge in [0.1, 0.15) is 28.5 Å². The number of amides is 1. The summed E-state index contributed by atoms with van der Waals surface area (Å²) in [5.41, 5.74) is -1.76. The molecule has 240 valence electrons. The third-order valence-corrected chi connectivity index (χ3v) is 9.84. The normalized spacial score (nSPS) is 34.2. The number of unbranched alkanes of at least 4 members (excludes halogenated alkanes) is 1. The molecule has 2 radical (unpaired) electrons. The molecule has 2 aromatic heterocycles. The fraction of sp³-hybridized carbons (Fsp3) is 0.733. The Kier molecular flexibility index (Phi) is 10.9. The highest BCUT2D eigenvalue weighted by atomic mass is 32.1. The van der Waals surface area contributed by atoms with Crippen LogP contribution >= 0.6 is 11.3 Å². The van der Waals surface area contributed by atoms with Crippen molar-refractivity contribution in [2.24, 2.45) is 11.8 Å². The molecule has 4 rings (SSSR count). The molecular weight excluding hydrogens is 583 g/mol. The van der Waals surface area contributed by atoms with Gasteiger partial charge in [-0.3, -0.25) is 19.2 Å². The number of Topliss-reactive ketones (excluding diaryl/α,β-unsaturated/α-hetero) is 1. The predicted octanol–water partition coefficient (Wildman–Crippen LogP) is 3.40. The Labute approximate surface area is 264 Å². The van der Waals surface area contributed by atoms with Crippen LogP contribution in [0.1, 0.15) is 73.6 Å². The van der Waals surface area contributed by atoms with Crippen molar-refractivity contribution in [3.05, 3.63) is 17.8 Å². The molecule has 2 aromatic rings. The summed E-state index contributed by atoms with van der Waals surface area (Å²) in [6, 6.07) is -0.720. The van der Waals surface area contributed by atoms with Crippen LogP contribution < -0.4 is 5.32 Å². The van der Waals surface area contributed by atoms with E-state index in [0.29, 0.717) is 38.9 Å². The second-order valence-corrected chi connectivity index (χ2v) is 13.7. The van der Waals surface area contributed by atoms with E-state index >= 15 is 0 Å². The van der Waals surface area contributed by atoms with E-state index in [1.54, 1.807) is 29.6 Å². The summed E-state index contributed by atoms with van der Waals surface area (Å²) in [7, 11) is 6.26. The third kappa shape index (κ3) is 7.51. The lowest BCUT2D eigenvalue weighted by Gasteiger charge is -2.41. The largest absolute Gasteiger partial charge is 0.458 e. The number of aromatic nitrogens is 4. The number of hydrogen-bond acceptors (Lipinski definition) is 11. The average Bonchev–Trinajstić information content (AvgIpc) is 3.71. The highest BCUT2D eigenvalue weighted by Crippen LogP contribution is 2.39. The van der Waals surface area contributed by atoms with Crippen LogP contribution in [0.15, 0.2) is 17.8 Å². The van der Waals surface area contributed by atoms with Gasteiger partial charge in [0, 0.05) is 37.1 Å². The van der Waals surface area contributed by atoms with Gasteiger partial charge in [-0.15, -0.1) is 16.4 Å². The first kappa shape index (κ1) is 34.0. The first-order valence-electron chi connectivity index (χ1n) is 15.5. The van der Waals surface area contributed by atoms with Crippen LogP contribution in [0.5, 0.6) is 0 Å². The summed E-state index contributed by atoms with van der Waals surface area (Å²) in [5.74, 6) is -3.00. The molecule has 0 aliphatic carbocycles. The monoisotopic (exact) mass is 628 g/mol. The molecule has 8 atom stereocenters. The topological polar surface area (TPSA) is 149 Å². The van der Waals surface area contributed by atoms with Crippen molar-refractivity contribution >= 4 is 37.0 Å². The van der Waals surface area contributed by atoms with E-state index in [2.05, 4.69) is 20.6 Å². The minimum atomic E-state index is -1.31. The SMILES string of the molecule is [B][C@@H]1CC(=O)[C@@H](C)C(=O)O[C@H](CC)[C@@]2(C)OC(=O)N(CCCCn3cc(-c4nccs4)nn3)[C@@H]2[C@@H](C)NC[C@H](C)C[C@]1(C)O. The zero-order chi connectivity index (χ0) is 32.2. The van der Waals surface area contributed by atoms with Gasteiger partial charge in [-0.25, -0.2) is 9.78 Å². The molecule has 0 spiro atoms. The number of ether oxygens (including phenoxy) is 2. The van der Waals surface area contributed by atoms with Crippen molar-refractivity contribution in [1.29, 1.82) is 0 Å². The number of esters is 1. The Hall–Kier alpha value is -2.84. The maximum Gasteiger partial charge on any atom is 0.410 e. The molecule has 12 nitrogen and oxygen atoms in total. The minimum Gasteiger partial charge on any atom is -0.458 e. The van der Waals surface area contributed by atoms with Crippen molar-refractivity contribution < 1.29 is 29.0 Å². The molecule has 4 heterocycles. The van der Waals surface area contributed by atoms with Crippen LogP contribution in [-0.4, -0.2) is 98.2 Å². The smallest absolute Gasteiger partial charge is 0.410 e. The van der Waals surface area contributed by atoms with Gasteiger partial charge >= 0.3 is 12.1 Å². The van der Waals surface area contributed by atoms with Gasteiger partial charge in [0.2, 0.25) is 0 Å². The first-order valence-corrected chi connectivity index (χ1v) is 16.4. The Balaban J connectivity index is 1.52. The number of fused-ring (bicyclic) bond motifs is 1. The molecule has 2 fully saturated rings. The van der Waals surface area contributed by atoms with Crippen LogP contribution in [-0.2, 0) is 25.6 Å². The van der Waals surface area contributed by atoms with Crippen LogP contribution in [0, 0.1) is 11.8 Å². The highest BCUT2D eigenvalue weighted by Gasteiger charge is 2.58. The van der Waals surface area contributed by atoms with Gasteiger partial charge in [-0.2, -0.15) is 0 Å². The molecular formula is C30H45BN6O6S. The molecule has 0 bridgehead atoms. The van der Waals surface area contributed by atoms with E-state index in [1.165, 1.54) is 18.3 Å². The average molecular weight is 629 g/mol. The lowest BCUT2D eigenvalue weighted by Crippen LogP contribution is -2.60. The van der Waals surface area contributed by atoms with Gasteiger partial charge in [0.05, 0.1) is 25.7 Å². The number of ketones is 1. The fourth-order valence-corrected chi connectivity index (χ4v) is 7.00. The third-order valence-electron chi connectivity index (χ3n) is 9.04. The molecule has 0 unspecified atom stereocenters. The lowest BCUT2D eigenvalue weighted by molar-refractivity contribution is -0.169. The van der Waals surface area contributed by atoms with Gasteiger partial charge in [-0.1, -0.05) is 19.1 Å². The van der Waals surface area contributed by atoms with E-state index < -0.39 is 52.9 Å². The molecule has 0 saturated carbocycles. The van der Waals surface area contributed by atoms with Gasteiger partial charge in [0.15, 0.2) is 5.60 Å². The van der Waals surface area contributed by atoms with Crippen molar-refractivity contribution in [2.45, 2.75) is 115 Å². The molecule has 0 aromatic carbocycles. The molecule has 2 aliphatic heterocycles. The number of aryl methyl sites for hydroxylation is 1. The van der Waals surface area contributed by atoms with Crippen LogP contribution in [0.4, 0.5) is 4.79 Å². The Morgan fingerprint density at radius 2 is 1.91 bits per heavy atom. The Morgan fingerprint density at radius 1 is 1.18 bits per heavy atom. The fourth-order valence-electron chi connectivity index (χ4n) is 6.42. The zero-order valence-electron chi connectivity index (χ0n) is 26.6. The Bertz CT molecular complexity index is 1290. The predicted molar refractivity (Wildman–Crippen MR) is 166 cm³/mol. The number of hydrogen-bond donors (Lipinski definition) is 2.